The summed E-state index contributed by atoms with van der Waals surface area (Å²) in [5.74, 6) is 0. The van der Waals surface area contributed by atoms with Crippen LogP contribution < -0.4 is 0 Å². The highest BCUT2D eigenvalue weighted by atomic mass is 16.3. The molecule has 224 valence electrons. The van der Waals surface area contributed by atoms with Gasteiger partial charge < -0.3 is 13.4 Å². The maximum absolute atomic E-state index is 6.70. The van der Waals surface area contributed by atoms with Crippen molar-refractivity contribution in [2.75, 3.05) is 0 Å². The van der Waals surface area contributed by atoms with Crippen LogP contribution >= 0.6 is 0 Å². The van der Waals surface area contributed by atoms with E-state index in [2.05, 4.69) is 161 Å². The molecule has 0 unspecified atom stereocenters. The van der Waals surface area contributed by atoms with Gasteiger partial charge >= 0.3 is 0 Å². The first-order valence-corrected chi connectivity index (χ1v) is 16.3. The van der Waals surface area contributed by atoms with Crippen LogP contribution in [0.1, 0.15) is 0 Å². The van der Waals surface area contributed by atoms with Gasteiger partial charge in [0.15, 0.2) is 0 Å². The van der Waals surface area contributed by atoms with Gasteiger partial charge in [0.2, 0.25) is 5.71 Å². The third-order valence-electron chi connectivity index (χ3n) is 9.93. The molecule has 0 fully saturated rings. The van der Waals surface area contributed by atoms with E-state index in [0.717, 1.165) is 72.0 Å². The largest absolute Gasteiger partial charge is 0.456 e. The molecule has 0 spiro atoms. The molecule has 0 bridgehead atoms. The Morgan fingerprint density at radius 1 is 0.333 bits per heavy atom. The van der Waals surface area contributed by atoms with Crippen molar-refractivity contribution in [3.05, 3.63) is 158 Å². The molecule has 48 heavy (non-hydrogen) atoms. The molecule has 0 N–H and O–H groups in total. The number of furan rings is 2. The van der Waals surface area contributed by atoms with Crippen LogP contribution in [0.5, 0.6) is 0 Å². The molecule has 7 aromatic carbocycles. The van der Waals surface area contributed by atoms with Crippen LogP contribution in [-0.2, 0) is 0 Å². The van der Waals surface area contributed by atoms with Crippen LogP contribution in [0.2, 0.25) is 0 Å². The monoisotopic (exact) mass is 614 g/mol. The van der Waals surface area contributed by atoms with Gasteiger partial charge in [0.05, 0.1) is 21.9 Å². The molecule has 11 aromatic rings. The quantitative estimate of drug-likeness (QED) is 0.198. The van der Waals surface area contributed by atoms with Crippen LogP contribution in [0.3, 0.4) is 0 Å². The van der Waals surface area contributed by atoms with E-state index in [-0.39, 0.29) is 0 Å². The summed E-state index contributed by atoms with van der Waals surface area (Å²) in [5, 5.41) is 8.14. The van der Waals surface area contributed by atoms with Crippen LogP contribution in [0, 0.1) is 0 Å². The van der Waals surface area contributed by atoms with Crippen molar-refractivity contribution >= 4 is 76.7 Å². The second-order valence-electron chi connectivity index (χ2n) is 12.5. The van der Waals surface area contributed by atoms with Crippen molar-refractivity contribution in [3.63, 3.8) is 0 Å². The Bertz CT molecular complexity index is 3010. The van der Waals surface area contributed by atoms with E-state index in [4.69, 9.17) is 8.83 Å². The SMILES string of the molecule is c1ccc(-n2c3ccccc3c3c4ccc(-c5ccc6oc7ccc(-n8c9ccccc9c9ccccc98)cc7c6c5)cc4oc32)cc1. The van der Waals surface area contributed by atoms with Crippen LogP contribution in [0.25, 0.3) is 99.2 Å². The first kappa shape index (κ1) is 25.6. The molecule has 0 atom stereocenters. The number of rotatable bonds is 3. The molecule has 0 aliphatic carbocycles. The van der Waals surface area contributed by atoms with Crippen molar-refractivity contribution in [1.82, 2.24) is 9.13 Å². The van der Waals surface area contributed by atoms with Gasteiger partial charge in [-0.3, -0.25) is 4.57 Å². The molecule has 0 saturated heterocycles. The normalized spacial score (nSPS) is 12.2. The summed E-state index contributed by atoms with van der Waals surface area (Å²) in [6.45, 7) is 0. The Hall–Kier alpha value is -6.52. The van der Waals surface area contributed by atoms with Gasteiger partial charge in [0, 0.05) is 43.7 Å². The smallest absolute Gasteiger partial charge is 0.213 e. The van der Waals surface area contributed by atoms with Gasteiger partial charge in [-0.25, -0.2) is 0 Å². The minimum absolute atomic E-state index is 0.864. The minimum atomic E-state index is 0.864. The number of aromatic nitrogens is 2. The second kappa shape index (κ2) is 9.50. The van der Waals surface area contributed by atoms with Gasteiger partial charge in [0.25, 0.3) is 0 Å². The average molecular weight is 615 g/mol. The highest BCUT2D eigenvalue weighted by Gasteiger charge is 2.20. The van der Waals surface area contributed by atoms with E-state index in [9.17, 15) is 0 Å². The van der Waals surface area contributed by atoms with Crippen LogP contribution in [0.15, 0.2) is 167 Å². The fraction of sp³-hybridized carbons (Fsp3) is 0. The average Bonchev–Trinajstić information content (AvgIpc) is 3.88. The summed E-state index contributed by atoms with van der Waals surface area (Å²) >= 11 is 0. The van der Waals surface area contributed by atoms with Gasteiger partial charge in [-0.05, 0) is 83.9 Å². The Balaban J connectivity index is 1.09. The van der Waals surface area contributed by atoms with Gasteiger partial charge in [-0.2, -0.15) is 0 Å². The topological polar surface area (TPSA) is 36.1 Å². The highest BCUT2D eigenvalue weighted by Crippen LogP contribution is 2.41. The summed E-state index contributed by atoms with van der Waals surface area (Å²) in [6.07, 6.45) is 0. The molecule has 0 saturated carbocycles. The van der Waals surface area contributed by atoms with E-state index in [1.807, 2.05) is 6.07 Å². The number of para-hydroxylation sites is 4. The van der Waals surface area contributed by atoms with Gasteiger partial charge in [-0.15, -0.1) is 0 Å². The van der Waals surface area contributed by atoms with Crippen molar-refractivity contribution in [3.8, 4) is 22.5 Å². The number of hydrogen-bond donors (Lipinski definition) is 0. The molecule has 0 amide bonds. The van der Waals surface area contributed by atoms with Crippen molar-refractivity contribution in [1.29, 1.82) is 0 Å². The standard InChI is InChI=1S/C44H26N2O2/c1-2-10-29(11-3-1)46-39-17-9-6-14-33(39)43-34-21-18-28(25-42(34)48-44(43)46)27-19-22-40-35(24-27)36-26-30(20-23-41(36)47-40)45-37-15-7-4-12-31(37)32-13-5-8-16-38(32)45/h1-26H. The van der Waals surface area contributed by atoms with E-state index in [0.29, 0.717) is 0 Å². The molecule has 11 rings (SSSR count). The van der Waals surface area contributed by atoms with Crippen LogP contribution in [-0.4, -0.2) is 9.13 Å². The Morgan fingerprint density at radius 2 is 0.917 bits per heavy atom. The zero-order chi connectivity index (χ0) is 31.3. The maximum Gasteiger partial charge on any atom is 0.213 e. The fourth-order valence-corrected chi connectivity index (χ4v) is 7.79. The lowest BCUT2D eigenvalue weighted by Gasteiger charge is -2.08. The lowest BCUT2D eigenvalue weighted by Crippen LogP contribution is -1.93. The third kappa shape index (κ3) is 3.49. The summed E-state index contributed by atoms with van der Waals surface area (Å²) in [5.41, 5.74) is 11.4. The molecule has 4 aromatic heterocycles. The summed E-state index contributed by atoms with van der Waals surface area (Å²) in [6, 6.07) is 55.8. The molecule has 0 aliphatic rings. The van der Waals surface area contributed by atoms with Crippen molar-refractivity contribution in [2.24, 2.45) is 0 Å². The zero-order valence-corrected chi connectivity index (χ0v) is 25.7. The molecule has 4 nitrogen and oxygen atoms in total. The lowest BCUT2D eigenvalue weighted by molar-refractivity contribution is 0.645. The third-order valence-corrected chi connectivity index (χ3v) is 9.93. The Kier molecular flexibility index (Phi) is 5.08. The molecule has 4 heterocycles. The van der Waals surface area contributed by atoms with E-state index in [1.165, 1.54) is 27.2 Å². The van der Waals surface area contributed by atoms with E-state index >= 15 is 0 Å². The predicted octanol–water partition coefficient (Wildman–Crippen LogP) is 12.2. The maximum atomic E-state index is 6.70. The number of hydrogen-bond acceptors (Lipinski definition) is 2. The van der Waals surface area contributed by atoms with Gasteiger partial charge in [0.1, 0.15) is 16.7 Å². The molecule has 4 heteroatoms. The van der Waals surface area contributed by atoms with Crippen molar-refractivity contribution < 1.29 is 8.83 Å². The van der Waals surface area contributed by atoms with E-state index in [1.54, 1.807) is 0 Å². The van der Waals surface area contributed by atoms with Crippen molar-refractivity contribution in [2.45, 2.75) is 0 Å². The second-order valence-corrected chi connectivity index (χ2v) is 12.5. The number of nitrogens with zero attached hydrogens (tertiary/aromatic N) is 2. The Labute approximate surface area is 274 Å². The molecule has 0 aliphatic heterocycles. The Morgan fingerprint density at radius 3 is 1.67 bits per heavy atom. The molecule has 0 radical (unpaired) electrons. The highest BCUT2D eigenvalue weighted by molar-refractivity contribution is 6.20. The summed E-state index contributed by atoms with van der Waals surface area (Å²) in [7, 11) is 0. The lowest BCUT2D eigenvalue weighted by atomic mass is 10.0. The fourth-order valence-electron chi connectivity index (χ4n) is 7.79. The first-order chi connectivity index (χ1) is 23.8. The number of benzene rings is 7. The summed E-state index contributed by atoms with van der Waals surface area (Å²) < 4.78 is 17.6. The zero-order valence-electron chi connectivity index (χ0n) is 25.7. The van der Waals surface area contributed by atoms with Crippen LogP contribution in [0.4, 0.5) is 0 Å². The summed E-state index contributed by atoms with van der Waals surface area (Å²) in [4.78, 5) is 0. The first-order valence-electron chi connectivity index (χ1n) is 16.3. The molecular formula is C44H26N2O2. The van der Waals surface area contributed by atoms with E-state index < -0.39 is 0 Å². The predicted molar refractivity (Wildman–Crippen MR) is 198 cm³/mol. The molecular weight excluding hydrogens is 588 g/mol. The van der Waals surface area contributed by atoms with Gasteiger partial charge in [-0.1, -0.05) is 84.9 Å². The number of fused-ring (bicyclic) bond motifs is 11. The minimum Gasteiger partial charge on any atom is -0.456 e.